The maximum absolute atomic E-state index is 11.5. The van der Waals surface area contributed by atoms with Crippen LogP contribution in [0.1, 0.15) is 26.7 Å². The van der Waals surface area contributed by atoms with Gasteiger partial charge in [0.25, 0.3) is 0 Å². The van der Waals surface area contributed by atoms with Crippen molar-refractivity contribution in [2.45, 2.75) is 38.4 Å². The van der Waals surface area contributed by atoms with E-state index in [-0.39, 0.29) is 42.5 Å². The lowest BCUT2D eigenvalue weighted by molar-refractivity contribution is -0.153. The van der Waals surface area contributed by atoms with Gasteiger partial charge in [0, 0.05) is 18.8 Å². The normalized spacial score (nSPS) is 47.5. The van der Waals surface area contributed by atoms with Gasteiger partial charge in [-0.1, -0.05) is 6.92 Å². The molecule has 1 N–H and O–H groups in total. The van der Waals surface area contributed by atoms with Crippen molar-refractivity contribution in [2.75, 3.05) is 0 Å². The minimum Gasteiger partial charge on any atom is -0.462 e. The van der Waals surface area contributed by atoms with E-state index in [1.54, 1.807) is 6.92 Å². The molecule has 1 aliphatic heterocycles. The zero-order valence-electron chi connectivity index (χ0n) is 8.32. The zero-order chi connectivity index (χ0) is 10.5. The van der Waals surface area contributed by atoms with E-state index in [0.29, 0.717) is 0 Å². The monoisotopic (exact) mass is 198 g/mol. The largest absolute Gasteiger partial charge is 0.462 e. The molecule has 0 aromatic rings. The molecule has 0 aromatic heterocycles. The second kappa shape index (κ2) is 2.79. The van der Waals surface area contributed by atoms with Gasteiger partial charge in [-0.3, -0.25) is 9.59 Å². The number of aliphatic hydroxyl groups is 1. The number of ether oxygens (including phenoxy) is 1. The topological polar surface area (TPSA) is 63.6 Å². The zero-order valence-corrected chi connectivity index (χ0v) is 8.32. The first-order valence-corrected chi connectivity index (χ1v) is 4.88. The second-order valence-electron chi connectivity index (χ2n) is 4.53. The lowest BCUT2D eigenvalue weighted by atomic mass is 9.74. The molecule has 2 aliphatic rings. The summed E-state index contributed by atoms with van der Waals surface area (Å²) in [6, 6.07) is 0. The summed E-state index contributed by atoms with van der Waals surface area (Å²) < 4.78 is 5.11. The maximum atomic E-state index is 11.5. The average molecular weight is 198 g/mol. The van der Waals surface area contributed by atoms with Crippen molar-refractivity contribution < 1.29 is 19.4 Å². The Labute approximate surface area is 82.2 Å². The summed E-state index contributed by atoms with van der Waals surface area (Å²) in [5.74, 6) is -0.662. The van der Waals surface area contributed by atoms with Crippen molar-refractivity contribution in [3.8, 4) is 0 Å². The Kier molecular flexibility index (Phi) is 1.93. The van der Waals surface area contributed by atoms with Crippen molar-refractivity contribution in [1.82, 2.24) is 0 Å². The number of Topliss-reactive ketones (excluding diaryl/α,β-unsaturated/α-hetero) is 1. The Bertz CT molecular complexity index is 294. The smallest absolute Gasteiger partial charge is 0.309 e. The number of hydrogen-bond donors (Lipinski definition) is 1. The van der Waals surface area contributed by atoms with E-state index < -0.39 is 5.60 Å². The Morgan fingerprint density at radius 2 is 2.14 bits per heavy atom. The van der Waals surface area contributed by atoms with E-state index in [2.05, 4.69) is 0 Å². The maximum Gasteiger partial charge on any atom is 0.309 e. The van der Waals surface area contributed by atoms with Crippen LogP contribution in [0.25, 0.3) is 0 Å². The summed E-state index contributed by atoms with van der Waals surface area (Å²) in [6.45, 7) is 3.27. The highest BCUT2D eigenvalue weighted by Crippen LogP contribution is 2.40. The molecule has 0 radical (unpaired) electrons. The van der Waals surface area contributed by atoms with Crippen molar-refractivity contribution in [1.29, 1.82) is 0 Å². The van der Waals surface area contributed by atoms with Gasteiger partial charge in [0.1, 0.15) is 11.7 Å². The van der Waals surface area contributed by atoms with Crippen molar-refractivity contribution in [3.63, 3.8) is 0 Å². The summed E-state index contributed by atoms with van der Waals surface area (Å²) in [4.78, 5) is 22.7. The number of esters is 1. The van der Waals surface area contributed by atoms with E-state index >= 15 is 0 Å². The standard InChI is InChI=1S/C10H14O4/c1-5-6-3-8(11)10(2,13)4-7(6)14-9(5)12/h5-7,13H,3-4H2,1-2H3/t5-,6?,7?,10+/m1/s1. The molecule has 0 bridgehead atoms. The Morgan fingerprint density at radius 1 is 1.50 bits per heavy atom. The molecule has 1 aliphatic carbocycles. The molecule has 0 aromatic carbocycles. The summed E-state index contributed by atoms with van der Waals surface area (Å²) in [5, 5.41) is 9.72. The summed E-state index contributed by atoms with van der Waals surface area (Å²) >= 11 is 0. The number of carbonyl (C=O) groups excluding carboxylic acids is 2. The average Bonchev–Trinajstić information content (AvgIpc) is 2.31. The van der Waals surface area contributed by atoms with Gasteiger partial charge in [0.05, 0.1) is 5.92 Å². The molecule has 14 heavy (non-hydrogen) atoms. The number of fused-ring (bicyclic) bond motifs is 1. The molecule has 0 spiro atoms. The fraction of sp³-hybridized carbons (Fsp3) is 0.800. The predicted molar refractivity (Wildman–Crippen MR) is 47.4 cm³/mol. The van der Waals surface area contributed by atoms with Gasteiger partial charge in [-0.05, 0) is 6.92 Å². The fourth-order valence-corrected chi connectivity index (χ4v) is 2.28. The summed E-state index contributed by atoms with van der Waals surface area (Å²) in [6.07, 6.45) is 0.224. The fourth-order valence-electron chi connectivity index (χ4n) is 2.28. The van der Waals surface area contributed by atoms with Crippen molar-refractivity contribution in [2.24, 2.45) is 11.8 Å². The van der Waals surface area contributed by atoms with E-state index in [4.69, 9.17) is 4.74 Å². The van der Waals surface area contributed by atoms with Gasteiger partial charge in [-0.15, -0.1) is 0 Å². The first-order chi connectivity index (χ1) is 6.42. The molecule has 2 unspecified atom stereocenters. The molecule has 78 valence electrons. The van der Waals surface area contributed by atoms with Gasteiger partial charge in [0.2, 0.25) is 0 Å². The van der Waals surface area contributed by atoms with Crippen LogP contribution in [0.3, 0.4) is 0 Å². The van der Waals surface area contributed by atoms with Crippen molar-refractivity contribution >= 4 is 11.8 Å². The number of hydrogen-bond acceptors (Lipinski definition) is 4. The van der Waals surface area contributed by atoms with E-state index in [0.717, 1.165) is 0 Å². The van der Waals surface area contributed by atoms with Crippen LogP contribution in [0.5, 0.6) is 0 Å². The third-order valence-corrected chi connectivity index (χ3v) is 3.38. The van der Waals surface area contributed by atoms with Gasteiger partial charge in [-0.2, -0.15) is 0 Å². The van der Waals surface area contributed by atoms with Crippen LogP contribution in [0.15, 0.2) is 0 Å². The highest BCUT2D eigenvalue weighted by molar-refractivity contribution is 5.89. The van der Waals surface area contributed by atoms with Crippen LogP contribution in [-0.2, 0) is 14.3 Å². The van der Waals surface area contributed by atoms with Gasteiger partial charge < -0.3 is 9.84 Å². The van der Waals surface area contributed by atoms with Crippen LogP contribution < -0.4 is 0 Å². The molecular weight excluding hydrogens is 184 g/mol. The second-order valence-corrected chi connectivity index (χ2v) is 4.53. The summed E-state index contributed by atoms with van der Waals surface area (Å²) in [5.41, 5.74) is -1.31. The first kappa shape index (κ1) is 9.65. The number of ketones is 1. The summed E-state index contributed by atoms with van der Waals surface area (Å²) in [7, 11) is 0. The molecule has 1 saturated heterocycles. The SMILES string of the molecule is C[C@H]1C(=O)OC2C[C@](C)(O)C(=O)CC21. The lowest BCUT2D eigenvalue weighted by Gasteiger charge is -2.33. The minimum absolute atomic E-state index is 0.0322. The van der Waals surface area contributed by atoms with Gasteiger partial charge in [-0.25, -0.2) is 0 Å². The number of carbonyl (C=O) groups is 2. The Hall–Kier alpha value is -0.900. The van der Waals surface area contributed by atoms with E-state index in [9.17, 15) is 14.7 Å². The minimum atomic E-state index is -1.31. The molecule has 4 nitrogen and oxygen atoms in total. The number of rotatable bonds is 0. The van der Waals surface area contributed by atoms with Crippen LogP contribution in [0.4, 0.5) is 0 Å². The van der Waals surface area contributed by atoms with Crippen molar-refractivity contribution in [3.05, 3.63) is 0 Å². The lowest BCUT2D eigenvalue weighted by Crippen LogP contribution is -2.47. The molecule has 2 rings (SSSR count). The van der Waals surface area contributed by atoms with Crippen LogP contribution in [0.2, 0.25) is 0 Å². The third-order valence-electron chi connectivity index (χ3n) is 3.38. The van der Waals surface area contributed by atoms with E-state index in [1.165, 1.54) is 6.92 Å². The Morgan fingerprint density at radius 3 is 2.79 bits per heavy atom. The highest BCUT2D eigenvalue weighted by atomic mass is 16.6. The van der Waals surface area contributed by atoms with E-state index in [1.807, 2.05) is 0 Å². The predicted octanol–water partition coefficient (Wildman–Crippen LogP) is 0.278. The highest BCUT2D eigenvalue weighted by Gasteiger charge is 2.51. The third kappa shape index (κ3) is 1.25. The molecule has 2 fully saturated rings. The molecule has 1 heterocycles. The van der Waals surface area contributed by atoms with Gasteiger partial charge >= 0.3 is 5.97 Å². The molecular formula is C10H14O4. The Balaban J connectivity index is 2.22. The van der Waals surface area contributed by atoms with Crippen LogP contribution >= 0.6 is 0 Å². The van der Waals surface area contributed by atoms with Gasteiger partial charge in [0.15, 0.2) is 5.78 Å². The molecule has 4 atom stereocenters. The van der Waals surface area contributed by atoms with Crippen LogP contribution in [0, 0.1) is 11.8 Å². The molecule has 1 saturated carbocycles. The quantitative estimate of drug-likeness (QED) is 0.568. The van der Waals surface area contributed by atoms with Crippen LogP contribution in [-0.4, -0.2) is 28.6 Å². The molecule has 0 amide bonds. The first-order valence-electron chi connectivity index (χ1n) is 4.88. The molecule has 4 heteroatoms.